The predicted molar refractivity (Wildman–Crippen MR) is 114 cm³/mol. The van der Waals surface area contributed by atoms with Gasteiger partial charge >= 0.3 is 5.69 Å². The van der Waals surface area contributed by atoms with Crippen LogP contribution in [-0.4, -0.2) is 33.2 Å². The summed E-state index contributed by atoms with van der Waals surface area (Å²) in [5, 5.41) is 10.8. The molecular weight excluding hydrogens is 390 g/mol. The highest BCUT2D eigenvalue weighted by molar-refractivity contribution is 5.95. The van der Waals surface area contributed by atoms with Gasteiger partial charge in [-0.15, -0.1) is 17.5 Å². The third-order valence-electron chi connectivity index (χ3n) is 6.12. The van der Waals surface area contributed by atoms with E-state index in [-0.39, 0.29) is 35.3 Å². The molecule has 2 aliphatic rings. The Bertz CT molecular complexity index is 1100. The minimum absolute atomic E-state index is 0. The van der Waals surface area contributed by atoms with Crippen LogP contribution in [0.15, 0.2) is 53.5 Å². The molecule has 2 N–H and O–H groups in total. The number of anilines is 1. The maximum absolute atomic E-state index is 12.7. The number of halogens is 1. The van der Waals surface area contributed by atoms with Crippen LogP contribution in [0.25, 0.3) is 5.65 Å². The fourth-order valence-electron chi connectivity index (χ4n) is 4.42. The molecule has 3 aromatic rings. The van der Waals surface area contributed by atoms with Crippen LogP contribution in [-0.2, 0) is 11.3 Å². The summed E-state index contributed by atoms with van der Waals surface area (Å²) in [6.45, 7) is 2.38. The van der Waals surface area contributed by atoms with Gasteiger partial charge in [0.2, 0.25) is 5.91 Å². The normalized spacial score (nSPS) is 19.7. The third kappa shape index (κ3) is 3.68. The van der Waals surface area contributed by atoms with Gasteiger partial charge in [0.15, 0.2) is 5.65 Å². The van der Waals surface area contributed by atoms with E-state index < -0.39 is 0 Å². The molecule has 2 aromatic heterocycles. The molecule has 1 saturated heterocycles. The number of aromatic nitrogens is 3. The number of rotatable bonds is 4. The number of amides is 1. The lowest BCUT2D eigenvalue weighted by molar-refractivity contribution is -0.118. The molecule has 8 heteroatoms. The number of carbonyl (C=O) groups is 1. The Kier molecular flexibility index (Phi) is 5.19. The average Bonchev–Trinajstić information content (AvgIpc) is 3.31. The number of nitrogens with one attached hydrogen (secondary N) is 2. The van der Waals surface area contributed by atoms with E-state index in [1.54, 1.807) is 12.3 Å². The zero-order valence-corrected chi connectivity index (χ0v) is 16.8. The van der Waals surface area contributed by atoms with E-state index in [1.165, 1.54) is 9.08 Å². The lowest BCUT2D eigenvalue weighted by Crippen LogP contribution is -2.31. The molecule has 1 aliphatic heterocycles. The summed E-state index contributed by atoms with van der Waals surface area (Å²) < 4.78 is 2.97. The van der Waals surface area contributed by atoms with Crippen LogP contribution >= 0.6 is 12.4 Å². The van der Waals surface area contributed by atoms with Crippen LogP contribution in [0.1, 0.15) is 24.8 Å². The van der Waals surface area contributed by atoms with Gasteiger partial charge in [0.1, 0.15) is 0 Å². The SMILES string of the molecule is Cl.O=C(Nc1cccc(Cn2nc3ccccn3c2=O)c1)C1CC12CCNCC2. The van der Waals surface area contributed by atoms with Crippen LogP contribution in [0.4, 0.5) is 5.69 Å². The smallest absolute Gasteiger partial charge is 0.326 e. The molecule has 0 radical (unpaired) electrons. The molecule has 152 valence electrons. The monoisotopic (exact) mass is 413 g/mol. The van der Waals surface area contributed by atoms with Crippen molar-refractivity contribution in [2.45, 2.75) is 25.8 Å². The summed E-state index contributed by atoms with van der Waals surface area (Å²) in [5.41, 5.74) is 2.37. The summed E-state index contributed by atoms with van der Waals surface area (Å²) in [7, 11) is 0. The van der Waals surface area contributed by atoms with E-state index >= 15 is 0 Å². The van der Waals surface area contributed by atoms with Gasteiger partial charge in [-0.25, -0.2) is 9.48 Å². The van der Waals surface area contributed by atoms with E-state index in [2.05, 4.69) is 15.7 Å². The Morgan fingerprint density at radius 1 is 1.21 bits per heavy atom. The molecule has 1 spiro atoms. The quantitative estimate of drug-likeness (QED) is 0.687. The highest BCUT2D eigenvalue weighted by Gasteiger charge is 2.57. The van der Waals surface area contributed by atoms with Crippen LogP contribution in [0.2, 0.25) is 0 Å². The molecule has 29 heavy (non-hydrogen) atoms. The molecule has 0 bridgehead atoms. The van der Waals surface area contributed by atoms with Crippen molar-refractivity contribution in [3.8, 4) is 0 Å². The Labute approximate surface area is 174 Å². The van der Waals surface area contributed by atoms with Crippen molar-refractivity contribution in [2.75, 3.05) is 18.4 Å². The van der Waals surface area contributed by atoms with Gasteiger partial charge in [-0.3, -0.25) is 9.20 Å². The van der Waals surface area contributed by atoms with Crippen molar-refractivity contribution in [1.82, 2.24) is 19.5 Å². The third-order valence-corrected chi connectivity index (χ3v) is 6.12. The van der Waals surface area contributed by atoms with Gasteiger partial charge in [-0.05, 0) is 67.6 Å². The highest BCUT2D eigenvalue weighted by Crippen LogP contribution is 2.58. The van der Waals surface area contributed by atoms with Crippen LogP contribution in [0.3, 0.4) is 0 Å². The van der Waals surface area contributed by atoms with Crippen molar-refractivity contribution in [3.05, 3.63) is 64.7 Å². The molecule has 7 nitrogen and oxygen atoms in total. The topological polar surface area (TPSA) is 80.4 Å². The standard InChI is InChI=1S/C21H23N5O2.ClH/c27-19(17-13-21(17)7-9-22-10-8-21)23-16-5-3-4-15(12-16)14-26-20(28)25-11-2-1-6-18(25)24-26;/h1-6,11-12,17,22H,7-10,13-14H2,(H,23,27);1H. The summed E-state index contributed by atoms with van der Waals surface area (Å²) in [5.74, 6) is 0.239. The van der Waals surface area contributed by atoms with Crippen molar-refractivity contribution in [1.29, 1.82) is 0 Å². The van der Waals surface area contributed by atoms with Crippen LogP contribution < -0.4 is 16.3 Å². The average molecular weight is 414 g/mol. The van der Waals surface area contributed by atoms with Crippen molar-refractivity contribution in [2.24, 2.45) is 11.3 Å². The number of nitrogens with zero attached hydrogens (tertiary/aromatic N) is 3. The van der Waals surface area contributed by atoms with Gasteiger partial charge in [0, 0.05) is 17.8 Å². The first-order valence-corrected chi connectivity index (χ1v) is 9.79. The van der Waals surface area contributed by atoms with Gasteiger partial charge in [0.05, 0.1) is 6.54 Å². The first-order valence-electron chi connectivity index (χ1n) is 9.79. The molecule has 1 atom stereocenters. The van der Waals surface area contributed by atoms with Gasteiger partial charge in [0.25, 0.3) is 0 Å². The molecule has 1 saturated carbocycles. The molecule has 1 aliphatic carbocycles. The molecule has 1 aromatic carbocycles. The van der Waals surface area contributed by atoms with Crippen LogP contribution in [0, 0.1) is 11.3 Å². The Morgan fingerprint density at radius 2 is 2.03 bits per heavy atom. The maximum atomic E-state index is 12.7. The lowest BCUT2D eigenvalue weighted by atomic mass is 9.92. The molecule has 1 amide bonds. The molecular formula is C21H24ClN5O2. The number of fused-ring (bicyclic) bond motifs is 1. The summed E-state index contributed by atoms with van der Waals surface area (Å²) in [4.78, 5) is 25.1. The minimum Gasteiger partial charge on any atom is -0.326 e. The molecule has 5 rings (SSSR count). The molecule has 1 unspecified atom stereocenters. The van der Waals surface area contributed by atoms with E-state index in [9.17, 15) is 9.59 Å². The fraction of sp³-hybridized carbons (Fsp3) is 0.381. The van der Waals surface area contributed by atoms with Gasteiger partial charge in [-0.1, -0.05) is 18.2 Å². The second-order valence-electron chi connectivity index (χ2n) is 7.93. The van der Waals surface area contributed by atoms with Gasteiger partial charge < -0.3 is 10.6 Å². The zero-order chi connectivity index (χ0) is 19.1. The van der Waals surface area contributed by atoms with E-state index in [0.29, 0.717) is 12.2 Å². The number of benzene rings is 1. The number of hydrogen-bond acceptors (Lipinski definition) is 4. The minimum atomic E-state index is -0.170. The molecule has 3 heterocycles. The number of carbonyl (C=O) groups excluding carboxylic acids is 1. The largest absolute Gasteiger partial charge is 0.350 e. The summed E-state index contributed by atoms with van der Waals surface area (Å²) in [6.07, 6.45) is 4.88. The fourth-order valence-corrected chi connectivity index (χ4v) is 4.42. The van der Waals surface area contributed by atoms with Gasteiger partial charge in [-0.2, -0.15) is 0 Å². The number of pyridine rings is 1. The Hall–Kier alpha value is -2.64. The lowest BCUT2D eigenvalue weighted by Gasteiger charge is -2.23. The Balaban J connectivity index is 0.00000205. The summed E-state index contributed by atoms with van der Waals surface area (Å²) in [6, 6.07) is 13.1. The number of hydrogen-bond donors (Lipinski definition) is 2. The second kappa shape index (κ2) is 7.65. The number of piperidine rings is 1. The zero-order valence-electron chi connectivity index (χ0n) is 16.0. The van der Waals surface area contributed by atoms with E-state index in [4.69, 9.17) is 0 Å². The van der Waals surface area contributed by atoms with E-state index in [1.807, 2.05) is 36.4 Å². The van der Waals surface area contributed by atoms with Crippen molar-refractivity contribution < 1.29 is 4.79 Å². The second-order valence-corrected chi connectivity index (χ2v) is 7.93. The van der Waals surface area contributed by atoms with E-state index in [0.717, 1.165) is 43.6 Å². The molecule has 2 fully saturated rings. The first kappa shape index (κ1) is 19.7. The van der Waals surface area contributed by atoms with Crippen molar-refractivity contribution >= 4 is 29.6 Å². The summed E-state index contributed by atoms with van der Waals surface area (Å²) >= 11 is 0. The Morgan fingerprint density at radius 3 is 2.83 bits per heavy atom. The first-order chi connectivity index (χ1) is 13.6. The highest BCUT2D eigenvalue weighted by atomic mass is 35.5. The van der Waals surface area contributed by atoms with Crippen molar-refractivity contribution in [3.63, 3.8) is 0 Å². The maximum Gasteiger partial charge on any atom is 0.350 e. The van der Waals surface area contributed by atoms with Crippen LogP contribution in [0.5, 0.6) is 0 Å². The predicted octanol–water partition coefficient (Wildman–Crippen LogP) is 2.29.